The smallest absolute Gasteiger partial charge is 0.205 e. The molecule has 0 aliphatic heterocycles. The van der Waals surface area contributed by atoms with E-state index in [1.54, 1.807) is 12.1 Å². The zero-order valence-electron chi connectivity index (χ0n) is 10.0. The molecule has 0 unspecified atom stereocenters. The Morgan fingerprint density at radius 3 is 2.61 bits per heavy atom. The largest absolute Gasteiger partial charge is 0.490 e. The molecule has 2 aliphatic carbocycles. The first-order chi connectivity index (χ1) is 8.60. The van der Waals surface area contributed by atoms with Crippen molar-refractivity contribution in [1.29, 1.82) is 0 Å². The molecule has 0 radical (unpaired) electrons. The molecule has 0 heterocycles. The van der Waals surface area contributed by atoms with E-state index in [2.05, 4.69) is 4.85 Å². The van der Waals surface area contributed by atoms with E-state index in [4.69, 9.17) is 28.6 Å². The number of ether oxygens (including phenoxy) is 1. The highest BCUT2D eigenvalue weighted by atomic mass is 35.5. The van der Waals surface area contributed by atoms with Crippen LogP contribution >= 0.6 is 11.6 Å². The van der Waals surface area contributed by atoms with Crippen LogP contribution < -0.4 is 10.5 Å². The van der Waals surface area contributed by atoms with Gasteiger partial charge in [-0.15, -0.1) is 0 Å². The minimum atomic E-state index is 0.285. The number of nitrogens with two attached hydrogens (primary N) is 1. The quantitative estimate of drug-likeness (QED) is 0.828. The molecule has 0 saturated heterocycles. The van der Waals surface area contributed by atoms with Crippen LogP contribution in [-0.4, -0.2) is 12.1 Å². The molecular weight excluding hydrogens is 248 g/mol. The summed E-state index contributed by atoms with van der Waals surface area (Å²) in [6, 6.07) is 5.65. The van der Waals surface area contributed by atoms with Crippen molar-refractivity contribution >= 4 is 17.3 Å². The molecule has 94 valence electrons. The molecule has 18 heavy (non-hydrogen) atoms. The first-order valence-corrected chi connectivity index (χ1v) is 6.57. The molecule has 0 bridgehead atoms. The number of nitrogens with zero attached hydrogens (tertiary/aromatic N) is 1. The van der Waals surface area contributed by atoms with Crippen LogP contribution in [0.5, 0.6) is 5.75 Å². The Hall–Kier alpha value is -1.24. The first kappa shape index (κ1) is 11.8. The maximum atomic E-state index is 6.94. The molecule has 1 spiro atoms. The van der Waals surface area contributed by atoms with E-state index in [1.165, 1.54) is 0 Å². The topological polar surface area (TPSA) is 39.6 Å². The van der Waals surface area contributed by atoms with Crippen LogP contribution in [0.2, 0.25) is 5.02 Å². The molecule has 4 heteroatoms. The van der Waals surface area contributed by atoms with E-state index in [0.29, 0.717) is 22.2 Å². The number of benzene rings is 1. The Labute approximate surface area is 112 Å². The number of hydrogen-bond acceptors (Lipinski definition) is 2. The zero-order valence-corrected chi connectivity index (χ0v) is 10.8. The van der Waals surface area contributed by atoms with Crippen LogP contribution in [-0.2, 0) is 0 Å². The highest BCUT2D eigenvalue weighted by molar-refractivity contribution is 6.33. The van der Waals surface area contributed by atoms with E-state index in [-0.39, 0.29) is 6.10 Å². The Kier molecular flexibility index (Phi) is 2.73. The van der Waals surface area contributed by atoms with E-state index >= 15 is 0 Å². The van der Waals surface area contributed by atoms with Crippen molar-refractivity contribution in [3.8, 4) is 5.75 Å². The lowest BCUT2D eigenvalue weighted by molar-refractivity contribution is -0.0781. The lowest BCUT2D eigenvalue weighted by Gasteiger charge is -2.56. The van der Waals surface area contributed by atoms with Crippen molar-refractivity contribution in [2.75, 3.05) is 0 Å². The van der Waals surface area contributed by atoms with Gasteiger partial charge in [-0.2, -0.15) is 0 Å². The van der Waals surface area contributed by atoms with Gasteiger partial charge in [0.2, 0.25) is 5.69 Å². The molecule has 1 aromatic rings. The van der Waals surface area contributed by atoms with Gasteiger partial charge < -0.3 is 10.5 Å². The highest BCUT2D eigenvalue weighted by Gasteiger charge is 2.52. The zero-order chi connectivity index (χ0) is 12.8. The third kappa shape index (κ3) is 1.96. The van der Waals surface area contributed by atoms with Crippen molar-refractivity contribution in [2.45, 2.75) is 37.8 Å². The minimum Gasteiger partial charge on any atom is -0.490 e. The standard InChI is InChI=1S/C14H15ClN2O/c1-17-13-3-2-10(4-12(13)15)18-11-7-14(8-11)5-9(16)6-14/h2-4,9,11H,5-8,16H2. The fourth-order valence-corrected chi connectivity index (χ4v) is 3.43. The lowest BCUT2D eigenvalue weighted by atomic mass is 9.53. The summed E-state index contributed by atoms with van der Waals surface area (Å²) in [5, 5.41) is 0.460. The van der Waals surface area contributed by atoms with Gasteiger partial charge in [-0.05, 0) is 43.2 Å². The number of halogens is 1. The van der Waals surface area contributed by atoms with Crippen molar-refractivity contribution in [1.82, 2.24) is 0 Å². The summed E-state index contributed by atoms with van der Waals surface area (Å²) in [5.41, 5.74) is 6.77. The molecule has 2 saturated carbocycles. The summed E-state index contributed by atoms with van der Waals surface area (Å²) in [6.07, 6.45) is 4.77. The molecular formula is C14H15ClN2O. The van der Waals surface area contributed by atoms with E-state index in [1.807, 2.05) is 6.07 Å². The van der Waals surface area contributed by atoms with Gasteiger partial charge >= 0.3 is 0 Å². The van der Waals surface area contributed by atoms with Crippen molar-refractivity contribution in [3.63, 3.8) is 0 Å². The fourth-order valence-electron chi connectivity index (χ4n) is 3.22. The van der Waals surface area contributed by atoms with Crippen molar-refractivity contribution in [3.05, 3.63) is 34.6 Å². The minimum absolute atomic E-state index is 0.285. The predicted molar refractivity (Wildman–Crippen MR) is 71.0 cm³/mol. The monoisotopic (exact) mass is 262 g/mol. The second-order valence-corrected chi connectivity index (χ2v) is 5.95. The fraction of sp³-hybridized carbons (Fsp3) is 0.500. The SMILES string of the molecule is [C-]#[N+]c1ccc(OC2CC3(CC(N)C3)C2)cc1Cl. The average Bonchev–Trinajstić information content (AvgIpc) is 2.24. The second kappa shape index (κ2) is 4.15. The van der Waals surface area contributed by atoms with Gasteiger partial charge in [0.1, 0.15) is 5.75 Å². The van der Waals surface area contributed by atoms with Crippen LogP contribution in [0.25, 0.3) is 4.85 Å². The summed E-state index contributed by atoms with van der Waals surface area (Å²) in [4.78, 5) is 3.33. The van der Waals surface area contributed by atoms with Gasteiger partial charge in [0.15, 0.2) is 0 Å². The van der Waals surface area contributed by atoms with Crippen LogP contribution in [0.15, 0.2) is 18.2 Å². The molecule has 0 aromatic heterocycles. The Balaban J connectivity index is 1.59. The van der Waals surface area contributed by atoms with Gasteiger partial charge in [0.05, 0.1) is 17.7 Å². The normalized spacial score (nSPS) is 33.4. The average molecular weight is 263 g/mol. The molecule has 1 aromatic carbocycles. The molecule has 0 amide bonds. The summed E-state index contributed by atoms with van der Waals surface area (Å²) in [7, 11) is 0. The lowest BCUT2D eigenvalue weighted by Crippen LogP contribution is -2.56. The molecule has 0 atom stereocenters. The summed E-state index contributed by atoms with van der Waals surface area (Å²) < 4.78 is 5.87. The maximum absolute atomic E-state index is 6.94. The van der Waals surface area contributed by atoms with Crippen LogP contribution in [0, 0.1) is 12.0 Å². The summed E-state index contributed by atoms with van der Waals surface area (Å²) >= 11 is 5.98. The van der Waals surface area contributed by atoms with Crippen molar-refractivity contribution in [2.24, 2.45) is 11.1 Å². The molecule has 2 aliphatic rings. The predicted octanol–water partition coefficient (Wildman–Crippen LogP) is 3.54. The van der Waals surface area contributed by atoms with Crippen molar-refractivity contribution < 1.29 is 4.74 Å². The first-order valence-electron chi connectivity index (χ1n) is 6.19. The van der Waals surface area contributed by atoms with Gasteiger partial charge in [-0.25, -0.2) is 4.85 Å². The number of rotatable bonds is 2. The summed E-state index contributed by atoms with van der Waals surface area (Å²) in [6.45, 7) is 6.94. The van der Waals surface area contributed by atoms with Gasteiger partial charge in [0, 0.05) is 6.04 Å². The van der Waals surface area contributed by atoms with Crippen LogP contribution in [0.3, 0.4) is 0 Å². The van der Waals surface area contributed by atoms with Crippen LogP contribution in [0.4, 0.5) is 5.69 Å². The highest BCUT2D eigenvalue weighted by Crippen LogP contribution is 2.56. The Morgan fingerprint density at radius 1 is 1.33 bits per heavy atom. The van der Waals surface area contributed by atoms with E-state index < -0.39 is 0 Å². The molecule has 3 rings (SSSR count). The van der Waals surface area contributed by atoms with E-state index in [0.717, 1.165) is 31.4 Å². The van der Waals surface area contributed by atoms with Gasteiger partial charge in [-0.1, -0.05) is 17.7 Å². The Bertz CT molecular complexity index is 509. The van der Waals surface area contributed by atoms with Gasteiger partial charge in [-0.3, -0.25) is 0 Å². The third-order valence-electron chi connectivity index (χ3n) is 4.05. The molecule has 2 N–H and O–H groups in total. The van der Waals surface area contributed by atoms with Crippen LogP contribution in [0.1, 0.15) is 25.7 Å². The number of hydrogen-bond donors (Lipinski definition) is 1. The second-order valence-electron chi connectivity index (χ2n) is 5.54. The van der Waals surface area contributed by atoms with E-state index in [9.17, 15) is 0 Å². The Morgan fingerprint density at radius 2 is 2.06 bits per heavy atom. The van der Waals surface area contributed by atoms with Gasteiger partial charge in [0.25, 0.3) is 0 Å². The summed E-state index contributed by atoms with van der Waals surface area (Å²) in [5.74, 6) is 0.760. The molecule has 3 nitrogen and oxygen atoms in total. The third-order valence-corrected chi connectivity index (χ3v) is 4.36. The maximum Gasteiger partial charge on any atom is 0.205 e. The molecule has 2 fully saturated rings.